The minimum absolute atomic E-state index is 0.112. The summed E-state index contributed by atoms with van der Waals surface area (Å²) in [5.74, 6) is 1.12. The third kappa shape index (κ3) is 3.04. The second-order valence-corrected chi connectivity index (χ2v) is 5.72. The lowest BCUT2D eigenvalue weighted by molar-refractivity contribution is 0.154. The summed E-state index contributed by atoms with van der Waals surface area (Å²) in [5, 5.41) is 10.3. The summed E-state index contributed by atoms with van der Waals surface area (Å²) in [6.45, 7) is 0.184. The molecule has 22 heavy (non-hydrogen) atoms. The number of nitrogens with zero attached hydrogens (tertiary/aromatic N) is 2. The summed E-state index contributed by atoms with van der Waals surface area (Å²) >= 11 is 0. The zero-order chi connectivity index (χ0) is 15.5. The van der Waals surface area contributed by atoms with E-state index in [0.717, 1.165) is 18.5 Å². The first-order valence-corrected chi connectivity index (χ1v) is 7.56. The Morgan fingerprint density at radius 3 is 2.86 bits per heavy atom. The van der Waals surface area contributed by atoms with E-state index in [4.69, 9.17) is 4.74 Å². The van der Waals surface area contributed by atoms with Crippen molar-refractivity contribution in [3.05, 3.63) is 58.3 Å². The summed E-state index contributed by atoms with van der Waals surface area (Å²) < 4.78 is 6.60. The van der Waals surface area contributed by atoms with Gasteiger partial charge < -0.3 is 9.84 Å². The molecule has 0 aliphatic heterocycles. The molecule has 1 atom stereocenters. The fraction of sp³-hybridized carbons (Fsp3) is 0.412. The van der Waals surface area contributed by atoms with Gasteiger partial charge in [-0.25, -0.2) is 4.98 Å². The van der Waals surface area contributed by atoms with Crippen LogP contribution in [0.3, 0.4) is 0 Å². The SMILES string of the molecule is COc1cccc(C(O)Cn2cnc(C3CCC3)cc2=O)c1. The fourth-order valence-corrected chi connectivity index (χ4v) is 2.64. The van der Waals surface area contributed by atoms with E-state index in [1.165, 1.54) is 11.0 Å². The van der Waals surface area contributed by atoms with Crippen molar-refractivity contribution in [3.8, 4) is 5.75 Å². The Balaban J connectivity index is 1.75. The molecule has 1 aromatic heterocycles. The predicted octanol–water partition coefficient (Wildman–Crippen LogP) is 2.25. The van der Waals surface area contributed by atoms with Gasteiger partial charge in [0, 0.05) is 12.0 Å². The van der Waals surface area contributed by atoms with Gasteiger partial charge in [0.25, 0.3) is 5.56 Å². The number of aliphatic hydroxyl groups excluding tert-OH is 1. The Labute approximate surface area is 129 Å². The van der Waals surface area contributed by atoms with Crippen molar-refractivity contribution >= 4 is 0 Å². The minimum atomic E-state index is -0.774. The quantitative estimate of drug-likeness (QED) is 0.920. The highest BCUT2D eigenvalue weighted by molar-refractivity contribution is 5.29. The van der Waals surface area contributed by atoms with Gasteiger partial charge in [-0.3, -0.25) is 9.36 Å². The van der Waals surface area contributed by atoms with Crippen molar-refractivity contribution in [2.45, 2.75) is 37.8 Å². The molecule has 1 fully saturated rings. The van der Waals surface area contributed by atoms with E-state index in [9.17, 15) is 9.90 Å². The molecule has 0 saturated heterocycles. The topological polar surface area (TPSA) is 64.3 Å². The van der Waals surface area contributed by atoms with E-state index in [2.05, 4.69) is 4.98 Å². The van der Waals surface area contributed by atoms with Crippen LogP contribution in [0.2, 0.25) is 0 Å². The van der Waals surface area contributed by atoms with E-state index >= 15 is 0 Å². The van der Waals surface area contributed by atoms with Crippen LogP contribution in [0, 0.1) is 0 Å². The standard InChI is InChI=1S/C17H20N2O3/c1-22-14-7-3-6-13(8-14)16(20)10-19-11-18-15(9-17(19)21)12-4-2-5-12/h3,6-9,11-12,16,20H,2,4-5,10H2,1H3. The monoisotopic (exact) mass is 300 g/mol. The Kier molecular flexibility index (Phi) is 4.24. The van der Waals surface area contributed by atoms with Crippen molar-refractivity contribution in [1.82, 2.24) is 9.55 Å². The highest BCUT2D eigenvalue weighted by Gasteiger charge is 2.21. The van der Waals surface area contributed by atoms with E-state index in [0.29, 0.717) is 17.2 Å². The van der Waals surface area contributed by atoms with Gasteiger partial charge in [-0.15, -0.1) is 0 Å². The molecule has 116 valence electrons. The number of methoxy groups -OCH3 is 1. The molecule has 1 aliphatic rings. The van der Waals surface area contributed by atoms with Crippen molar-refractivity contribution < 1.29 is 9.84 Å². The molecular weight excluding hydrogens is 280 g/mol. The highest BCUT2D eigenvalue weighted by atomic mass is 16.5. The Bertz CT molecular complexity index is 707. The van der Waals surface area contributed by atoms with Crippen molar-refractivity contribution in [3.63, 3.8) is 0 Å². The van der Waals surface area contributed by atoms with Gasteiger partial charge in [-0.1, -0.05) is 18.6 Å². The van der Waals surface area contributed by atoms with Crippen LogP contribution in [0.5, 0.6) is 5.75 Å². The van der Waals surface area contributed by atoms with Crippen LogP contribution in [0.15, 0.2) is 41.5 Å². The maximum atomic E-state index is 12.2. The first-order chi connectivity index (χ1) is 10.7. The molecule has 1 aromatic carbocycles. The maximum absolute atomic E-state index is 12.2. The second-order valence-electron chi connectivity index (χ2n) is 5.72. The first kappa shape index (κ1) is 14.8. The number of hydrogen-bond acceptors (Lipinski definition) is 4. The van der Waals surface area contributed by atoms with Gasteiger partial charge in [0.15, 0.2) is 0 Å². The molecule has 0 spiro atoms. The van der Waals surface area contributed by atoms with Gasteiger partial charge >= 0.3 is 0 Å². The molecule has 5 heteroatoms. The average Bonchev–Trinajstić information content (AvgIpc) is 2.48. The predicted molar refractivity (Wildman–Crippen MR) is 83.0 cm³/mol. The normalized spacial score (nSPS) is 16.1. The Morgan fingerprint density at radius 2 is 2.23 bits per heavy atom. The Morgan fingerprint density at radius 1 is 1.41 bits per heavy atom. The lowest BCUT2D eigenvalue weighted by Gasteiger charge is -2.24. The van der Waals surface area contributed by atoms with Crippen LogP contribution >= 0.6 is 0 Å². The van der Waals surface area contributed by atoms with E-state index in [1.807, 2.05) is 18.2 Å². The number of aromatic nitrogens is 2. The number of ether oxygens (including phenoxy) is 1. The van der Waals surface area contributed by atoms with Crippen LogP contribution in [0.25, 0.3) is 0 Å². The summed E-state index contributed by atoms with van der Waals surface area (Å²) in [7, 11) is 1.58. The molecule has 0 bridgehead atoms. The number of rotatable bonds is 5. The maximum Gasteiger partial charge on any atom is 0.253 e. The molecule has 1 N–H and O–H groups in total. The summed E-state index contributed by atoms with van der Waals surface area (Å²) in [6, 6.07) is 8.82. The molecule has 2 aromatic rings. The van der Waals surface area contributed by atoms with Gasteiger partial charge in [0.1, 0.15) is 5.75 Å². The van der Waals surface area contributed by atoms with E-state index in [1.54, 1.807) is 25.6 Å². The molecule has 1 unspecified atom stereocenters. The fourth-order valence-electron chi connectivity index (χ4n) is 2.64. The smallest absolute Gasteiger partial charge is 0.253 e. The average molecular weight is 300 g/mol. The van der Waals surface area contributed by atoms with Crippen LogP contribution in [-0.2, 0) is 6.54 Å². The van der Waals surface area contributed by atoms with Gasteiger partial charge in [0.2, 0.25) is 0 Å². The van der Waals surface area contributed by atoms with E-state index in [-0.39, 0.29) is 12.1 Å². The molecule has 1 aliphatic carbocycles. The summed E-state index contributed by atoms with van der Waals surface area (Å²) in [6.07, 6.45) is 4.21. The molecule has 0 amide bonds. The zero-order valence-electron chi connectivity index (χ0n) is 12.6. The molecule has 1 saturated carbocycles. The van der Waals surface area contributed by atoms with Gasteiger partial charge in [-0.05, 0) is 30.5 Å². The molecule has 1 heterocycles. The van der Waals surface area contributed by atoms with Crippen LogP contribution in [-0.4, -0.2) is 21.8 Å². The number of hydrogen-bond donors (Lipinski definition) is 1. The molecule has 0 radical (unpaired) electrons. The number of aliphatic hydroxyl groups is 1. The van der Waals surface area contributed by atoms with E-state index < -0.39 is 6.10 Å². The van der Waals surface area contributed by atoms with Crippen molar-refractivity contribution in [1.29, 1.82) is 0 Å². The largest absolute Gasteiger partial charge is 0.497 e. The zero-order valence-corrected chi connectivity index (χ0v) is 12.6. The Hall–Kier alpha value is -2.14. The van der Waals surface area contributed by atoms with Crippen molar-refractivity contribution in [2.24, 2.45) is 0 Å². The highest BCUT2D eigenvalue weighted by Crippen LogP contribution is 2.34. The molecule has 5 nitrogen and oxygen atoms in total. The summed E-state index contributed by atoms with van der Waals surface area (Å²) in [4.78, 5) is 16.5. The van der Waals surface area contributed by atoms with Gasteiger partial charge in [-0.2, -0.15) is 0 Å². The van der Waals surface area contributed by atoms with Crippen LogP contribution < -0.4 is 10.3 Å². The molecule has 3 rings (SSSR count). The third-order valence-electron chi connectivity index (χ3n) is 4.27. The first-order valence-electron chi connectivity index (χ1n) is 7.56. The van der Waals surface area contributed by atoms with Crippen LogP contribution in [0.4, 0.5) is 0 Å². The summed E-state index contributed by atoms with van der Waals surface area (Å²) in [5.41, 5.74) is 1.48. The second kappa shape index (κ2) is 6.32. The minimum Gasteiger partial charge on any atom is -0.497 e. The van der Waals surface area contributed by atoms with Crippen LogP contribution in [0.1, 0.15) is 42.5 Å². The number of benzene rings is 1. The molecular formula is C17H20N2O3. The van der Waals surface area contributed by atoms with Crippen molar-refractivity contribution in [2.75, 3.05) is 7.11 Å². The lowest BCUT2D eigenvalue weighted by Crippen LogP contribution is -2.25. The van der Waals surface area contributed by atoms with Gasteiger partial charge in [0.05, 0.1) is 31.8 Å². The third-order valence-corrected chi connectivity index (χ3v) is 4.27. The lowest BCUT2D eigenvalue weighted by atomic mass is 9.83.